The Morgan fingerprint density at radius 3 is 2.78 bits per heavy atom. The third-order valence-electron chi connectivity index (χ3n) is 2.79. The summed E-state index contributed by atoms with van der Waals surface area (Å²) in [6.07, 6.45) is 0.752. The Bertz CT molecular complexity index is 731. The molecule has 3 aromatic rings. The summed E-state index contributed by atoms with van der Waals surface area (Å²) >= 11 is 0. The molecule has 0 saturated carbocycles. The lowest BCUT2D eigenvalue weighted by Gasteiger charge is -1.99. The van der Waals surface area contributed by atoms with Gasteiger partial charge in [0.2, 0.25) is 0 Å². The molecule has 88 valence electrons. The second-order valence-electron chi connectivity index (χ2n) is 3.92. The van der Waals surface area contributed by atoms with Gasteiger partial charge in [-0.2, -0.15) is 0 Å². The fourth-order valence-electron chi connectivity index (χ4n) is 1.90. The first-order chi connectivity index (χ1) is 8.79. The van der Waals surface area contributed by atoms with Crippen molar-refractivity contribution in [3.8, 4) is 17.0 Å². The zero-order valence-corrected chi connectivity index (χ0v) is 9.33. The smallest absolute Gasteiger partial charge is 0.168 e. The molecule has 0 amide bonds. The van der Waals surface area contributed by atoms with Crippen LogP contribution in [0, 0.1) is 0 Å². The average Bonchev–Trinajstić information content (AvgIpc) is 2.82. The van der Waals surface area contributed by atoms with E-state index in [4.69, 9.17) is 4.52 Å². The van der Waals surface area contributed by atoms with Gasteiger partial charge in [0, 0.05) is 16.5 Å². The maximum atomic E-state index is 10.7. The van der Waals surface area contributed by atoms with Crippen molar-refractivity contribution in [3.05, 3.63) is 48.0 Å². The lowest BCUT2D eigenvalue weighted by molar-refractivity contribution is 0.112. The summed E-state index contributed by atoms with van der Waals surface area (Å²) in [5.74, 6) is 0.146. The predicted octanol–water partition coefficient (Wildman–Crippen LogP) is 3.01. The van der Waals surface area contributed by atoms with Crippen LogP contribution in [0.15, 0.2) is 47.0 Å². The van der Waals surface area contributed by atoms with Gasteiger partial charge in [0.05, 0.1) is 0 Å². The lowest BCUT2D eigenvalue weighted by atomic mass is 10.1. The van der Waals surface area contributed by atoms with Crippen LogP contribution in [0.5, 0.6) is 5.75 Å². The van der Waals surface area contributed by atoms with E-state index in [1.54, 1.807) is 36.4 Å². The van der Waals surface area contributed by atoms with Crippen LogP contribution in [-0.4, -0.2) is 16.5 Å². The Labute approximate surface area is 102 Å². The van der Waals surface area contributed by atoms with E-state index in [0.29, 0.717) is 22.4 Å². The molecule has 0 radical (unpaired) electrons. The molecule has 3 rings (SSSR count). The molecule has 0 atom stereocenters. The third-order valence-corrected chi connectivity index (χ3v) is 2.79. The highest BCUT2D eigenvalue weighted by atomic mass is 16.5. The summed E-state index contributed by atoms with van der Waals surface area (Å²) in [5.41, 5.74) is 2.23. The van der Waals surface area contributed by atoms with Gasteiger partial charge in [0.15, 0.2) is 5.58 Å². The Balaban J connectivity index is 2.25. The highest BCUT2D eigenvalue weighted by Gasteiger charge is 2.13. The maximum absolute atomic E-state index is 10.7. The van der Waals surface area contributed by atoms with Crippen molar-refractivity contribution in [1.29, 1.82) is 0 Å². The number of aromatic hydroxyl groups is 1. The zero-order chi connectivity index (χ0) is 12.5. The minimum atomic E-state index is 0.146. The van der Waals surface area contributed by atoms with E-state index in [1.165, 1.54) is 0 Å². The largest absolute Gasteiger partial charge is 0.507 e. The summed E-state index contributed by atoms with van der Waals surface area (Å²) in [6, 6.07) is 12.0. The van der Waals surface area contributed by atoms with E-state index in [-0.39, 0.29) is 5.75 Å². The number of phenolic OH excluding ortho intramolecular Hbond substituents is 1. The topological polar surface area (TPSA) is 63.3 Å². The van der Waals surface area contributed by atoms with Crippen LogP contribution in [0.4, 0.5) is 0 Å². The molecule has 0 spiro atoms. The number of phenols is 1. The summed E-state index contributed by atoms with van der Waals surface area (Å²) in [6.45, 7) is 0. The highest BCUT2D eigenvalue weighted by molar-refractivity contribution is 5.95. The Hall–Kier alpha value is -2.62. The molecule has 4 nitrogen and oxygen atoms in total. The molecule has 4 heteroatoms. The van der Waals surface area contributed by atoms with Crippen molar-refractivity contribution in [2.75, 3.05) is 0 Å². The van der Waals surface area contributed by atoms with Crippen LogP contribution in [-0.2, 0) is 0 Å². The summed E-state index contributed by atoms with van der Waals surface area (Å²) in [4.78, 5) is 10.7. The van der Waals surface area contributed by atoms with E-state index < -0.39 is 0 Å². The van der Waals surface area contributed by atoms with E-state index in [2.05, 4.69) is 5.16 Å². The van der Waals surface area contributed by atoms with E-state index in [1.807, 2.05) is 6.07 Å². The molecule has 1 N–H and O–H groups in total. The number of carbonyl (C=O) groups excluding carboxylic acids is 1. The normalized spacial score (nSPS) is 10.7. The lowest BCUT2D eigenvalue weighted by Crippen LogP contribution is -1.80. The molecule has 0 saturated heterocycles. The third kappa shape index (κ3) is 1.55. The zero-order valence-electron chi connectivity index (χ0n) is 9.33. The summed E-state index contributed by atoms with van der Waals surface area (Å²) in [7, 11) is 0. The van der Waals surface area contributed by atoms with Crippen LogP contribution < -0.4 is 0 Å². The van der Waals surface area contributed by atoms with Crippen molar-refractivity contribution < 1.29 is 14.4 Å². The number of aromatic nitrogens is 1. The molecule has 1 aromatic heterocycles. The summed E-state index contributed by atoms with van der Waals surface area (Å²) in [5, 5.41) is 14.5. The monoisotopic (exact) mass is 239 g/mol. The number of fused-ring (bicyclic) bond motifs is 1. The van der Waals surface area contributed by atoms with E-state index >= 15 is 0 Å². The van der Waals surface area contributed by atoms with Crippen LogP contribution in [0.25, 0.3) is 22.2 Å². The fourth-order valence-corrected chi connectivity index (χ4v) is 1.90. The van der Waals surface area contributed by atoms with Crippen LogP contribution in [0.1, 0.15) is 10.4 Å². The number of aldehydes is 1. The molecule has 0 aliphatic carbocycles. The first-order valence-electron chi connectivity index (χ1n) is 5.42. The van der Waals surface area contributed by atoms with Gasteiger partial charge < -0.3 is 9.63 Å². The minimum Gasteiger partial charge on any atom is -0.507 e. The number of rotatable bonds is 2. The Kier molecular flexibility index (Phi) is 2.34. The molecule has 0 unspecified atom stereocenters. The van der Waals surface area contributed by atoms with Gasteiger partial charge in [-0.3, -0.25) is 4.79 Å². The minimum absolute atomic E-state index is 0.146. The second kappa shape index (κ2) is 4.00. The fraction of sp³-hybridized carbons (Fsp3) is 0. The number of nitrogens with zero attached hydrogens (tertiary/aromatic N) is 1. The van der Waals surface area contributed by atoms with Gasteiger partial charge in [0.25, 0.3) is 0 Å². The first kappa shape index (κ1) is 10.5. The van der Waals surface area contributed by atoms with Gasteiger partial charge in [-0.05, 0) is 24.3 Å². The number of hydrogen-bond donors (Lipinski definition) is 1. The van der Waals surface area contributed by atoms with Crippen molar-refractivity contribution in [2.45, 2.75) is 0 Å². The van der Waals surface area contributed by atoms with Gasteiger partial charge in [-0.15, -0.1) is 0 Å². The van der Waals surface area contributed by atoms with Gasteiger partial charge in [-0.1, -0.05) is 23.4 Å². The number of carbonyl (C=O) groups is 1. The van der Waals surface area contributed by atoms with Crippen molar-refractivity contribution in [2.24, 2.45) is 0 Å². The molecule has 0 fully saturated rings. The van der Waals surface area contributed by atoms with Crippen LogP contribution in [0.3, 0.4) is 0 Å². The van der Waals surface area contributed by atoms with E-state index in [9.17, 15) is 9.90 Å². The molecule has 18 heavy (non-hydrogen) atoms. The summed E-state index contributed by atoms with van der Waals surface area (Å²) < 4.78 is 5.18. The highest BCUT2D eigenvalue weighted by Crippen LogP contribution is 2.33. The molecule has 2 aromatic carbocycles. The number of hydrogen-bond acceptors (Lipinski definition) is 4. The Morgan fingerprint density at radius 1 is 1.17 bits per heavy atom. The van der Waals surface area contributed by atoms with Crippen LogP contribution >= 0.6 is 0 Å². The molecule has 0 aliphatic rings. The van der Waals surface area contributed by atoms with Gasteiger partial charge in [0.1, 0.15) is 17.7 Å². The van der Waals surface area contributed by atoms with Crippen molar-refractivity contribution in [3.63, 3.8) is 0 Å². The number of para-hydroxylation sites is 1. The van der Waals surface area contributed by atoms with Crippen molar-refractivity contribution in [1.82, 2.24) is 5.16 Å². The first-order valence-corrected chi connectivity index (χ1v) is 5.42. The average molecular weight is 239 g/mol. The second-order valence-corrected chi connectivity index (χ2v) is 3.92. The molecule has 1 heterocycles. The standard InChI is InChI=1S/C14H9NO3/c16-8-9-5-6-11-13(7-9)18-15-14(11)10-3-1-2-4-12(10)17/h1-8,17H. The quantitative estimate of drug-likeness (QED) is 0.698. The number of benzene rings is 2. The molecular weight excluding hydrogens is 230 g/mol. The predicted molar refractivity (Wildman–Crippen MR) is 66.5 cm³/mol. The van der Waals surface area contributed by atoms with E-state index in [0.717, 1.165) is 11.7 Å². The maximum Gasteiger partial charge on any atom is 0.168 e. The van der Waals surface area contributed by atoms with Gasteiger partial charge >= 0.3 is 0 Å². The molecular formula is C14H9NO3. The SMILES string of the molecule is O=Cc1ccc2c(-c3ccccc3O)noc2c1. The Morgan fingerprint density at radius 2 is 2.00 bits per heavy atom. The van der Waals surface area contributed by atoms with Gasteiger partial charge in [-0.25, -0.2) is 0 Å². The molecule has 0 bridgehead atoms. The van der Waals surface area contributed by atoms with Crippen LogP contribution in [0.2, 0.25) is 0 Å². The van der Waals surface area contributed by atoms with Crippen molar-refractivity contribution >= 4 is 17.3 Å². The molecule has 0 aliphatic heterocycles.